The summed E-state index contributed by atoms with van der Waals surface area (Å²) in [4.78, 5) is 44.0. The molecule has 0 radical (unpaired) electrons. The molecule has 0 aliphatic carbocycles. The maximum Gasteiger partial charge on any atom is 0.254 e. The molecule has 2 fully saturated rings. The normalized spacial score (nSPS) is 19.2. The lowest BCUT2D eigenvalue weighted by Gasteiger charge is -2.39. The molecular weight excluding hydrogens is 568 g/mol. The van der Waals surface area contributed by atoms with Crippen molar-refractivity contribution in [3.05, 3.63) is 94.9 Å². The number of likely N-dealkylation sites (tertiary alicyclic amines) is 1. The number of nitrogens with zero attached hydrogens (tertiary/aromatic N) is 5. The molecule has 1 N–H and O–H groups in total. The van der Waals surface area contributed by atoms with Crippen LogP contribution in [-0.4, -0.2) is 95.2 Å². The lowest BCUT2D eigenvalue weighted by molar-refractivity contribution is 0.0320. The van der Waals surface area contributed by atoms with Gasteiger partial charge in [0.15, 0.2) is 0 Å². The van der Waals surface area contributed by atoms with Gasteiger partial charge in [0, 0.05) is 74.9 Å². The van der Waals surface area contributed by atoms with E-state index in [0.29, 0.717) is 59.2 Å². The lowest BCUT2D eigenvalue weighted by Crippen LogP contribution is -2.51. The number of amides is 2. The molecule has 6 rings (SSSR count). The smallest absolute Gasteiger partial charge is 0.254 e. The van der Waals surface area contributed by atoms with Gasteiger partial charge in [-0.15, -0.1) is 0 Å². The number of rotatable bonds is 8. The van der Waals surface area contributed by atoms with E-state index in [1.54, 1.807) is 42.9 Å². The first-order valence-corrected chi connectivity index (χ1v) is 14.9. The van der Waals surface area contributed by atoms with E-state index >= 15 is 0 Å². The summed E-state index contributed by atoms with van der Waals surface area (Å²) >= 11 is 6.44. The zero-order valence-corrected chi connectivity index (χ0v) is 24.4. The summed E-state index contributed by atoms with van der Waals surface area (Å²) in [6.07, 6.45) is 5.29. The van der Waals surface area contributed by atoms with Crippen LogP contribution in [0.2, 0.25) is 5.02 Å². The van der Waals surface area contributed by atoms with Crippen LogP contribution in [0, 0.1) is 0 Å². The number of pyridine rings is 1. The van der Waals surface area contributed by atoms with Gasteiger partial charge in [0.25, 0.3) is 11.8 Å². The molecule has 2 aliphatic rings. The highest BCUT2D eigenvalue weighted by Crippen LogP contribution is 2.30. The molecule has 2 aliphatic heterocycles. The SMILES string of the molecule is O=C(N[C@@H]1CCN(C(=O)c2cc(Cl)c3nccnc3c2)C[C@@H]1c1ccccc1)c1ccc(OCCN2CCOCC2)nc1. The Morgan fingerprint density at radius 1 is 0.977 bits per heavy atom. The summed E-state index contributed by atoms with van der Waals surface area (Å²) in [7, 11) is 0. The Balaban J connectivity index is 1.11. The summed E-state index contributed by atoms with van der Waals surface area (Å²) in [5, 5.41) is 3.59. The van der Waals surface area contributed by atoms with Gasteiger partial charge in [-0.25, -0.2) is 4.98 Å². The third kappa shape index (κ3) is 6.93. The van der Waals surface area contributed by atoms with Crippen LogP contribution in [0.4, 0.5) is 0 Å². The van der Waals surface area contributed by atoms with Crippen LogP contribution in [0.3, 0.4) is 0 Å². The molecule has 43 heavy (non-hydrogen) atoms. The van der Waals surface area contributed by atoms with Crippen molar-refractivity contribution in [3.8, 4) is 5.88 Å². The van der Waals surface area contributed by atoms with Crippen LogP contribution in [0.25, 0.3) is 11.0 Å². The average Bonchev–Trinajstić information content (AvgIpc) is 3.06. The number of morpholine rings is 1. The zero-order valence-electron chi connectivity index (χ0n) is 23.7. The highest BCUT2D eigenvalue weighted by molar-refractivity contribution is 6.35. The van der Waals surface area contributed by atoms with Crippen molar-refractivity contribution in [1.82, 2.24) is 30.1 Å². The fourth-order valence-electron chi connectivity index (χ4n) is 5.64. The Morgan fingerprint density at radius 2 is 1.79 bits per heavy atom. The minimum Gasteiger partial charge on any atom is -0.476 e. The van der Waals surface area contributed by atoms with Crippen molar-refractivity contribution in [1.29, 1.82) is 0 Å². The summed E-state index contributed by atoms with van der Waals surface area (Å²) < 4.78 is 11.2. The van der Waals surface area contributed by atoms with Gasteiger partial charge in [0.1, 0.15) is 12.1 Å². The van der Waals surface area contributed by atoms with Crippen molar-refractivity contribution in [2.75, 3.05) is 52.5 Å². The van der Waals surface area contributed by atoms with E-state index in [0.717, 1.165) is 38.4 Å². The second-order valence-electron chi connectivity index (χ2n) is 10.7. The van der Waals surface area contributed by atoms with Crippen LogP contribution in [-0.2, 0) is 4.74 Å². The van der Waals surface area contributed by atoms with Gasteiger partial charge >= 0.3 is 0 Å². The minimum absolute atomic E-state index is 0.102. The molecule has 2 saturated heterocycles. The molecule has 0 unspecified atom stereocenters. The van der Waals surface area contributed by atoms with Crippen molar-refractivity contribution >= 4 is 34.4 Å². The summed E-state index contributed by atoms with van der Waals surface area (Å²) in [5.41, 5.74) is 3.10. The molecule has 4 aromatic rings. The maximum atomic E-state index is 13.6. The van der Waals surface area contributed by atoms with E-state index in [1.165, 1.54) is 0 Å². The first-order valence-electron chi connectivity index (χ1n) is 14.5. The number of hydrogen-bond acceptors (Lipinski definition) is 8. The van der Waals surface area contributed by atoms with Gasteiger partial charge in [0.2, 0.25) is 5.88 Å². The van der Waals surface area contributed by atoms with Gasteiger partial charge in [-0.3, -0.25) is 24.5 Å². The van der Waals surface area contributed by atoms with E-state index in [9.17, 15) is 9.59 Å². The number of carbonyl (C=O) groups excluding carboxylic acids is 2. The van der Waals surface area contributed by atoms with Crippen LogP contribution in [0.5, 0.6) is 5.88 Å². The Labute approximate surface area is 255 Å². The Hall–Kier alpha value is -4.12. The predicted molar refractivity (Wildman–Crippen MR) is 162 cm³/mol. The van der Waals surface area contributed by atoms with Crippen LogP contribution >= 0.6 is 11.6 Å². The number of ether oxygens (including phenoxy) is 2. The number of piperidine rings is 1. The molecule has 4 heterocycles. The molecule has 2 amide bonds. The molecule has 0 saturated carbocycles. The minimum atomic E-state index is -0.210. The number of benzene rings is 2. The Morgan fingerprint density at radius 3 is 2.58 bits per heavy atom. The standard InChI is InChI=1S/C32H33ClN6O4/c33-26-18-24(19-28-30(26)35-10-9-34-28)32(41)39-11-8-27(25(21-39)22-4-2-1-3-5-22)37-31(40)23-6-7-29(36-20-23)43-17-14-38-12-15-42-16-13-38/h1-7,9-10,18-20,25,27H,8,11-17,21H2,(H,37,40)/t25-,27-/m1/s1. The highest BCUT2D eigenvalue weighted by Gasteiger charge is 2.34. The monoisotopic (exact) mass is 600 g/mol. The van der Waals surface area contributed by atoms with Gasteiger partial charge in [0.05, 0.1) is 29.3 Å². The van der Waals surface area contributed by atoms with Crippen molar-refractivity contribution in [2.45, 2.75) is 18.4 Å². The number of carbonyl (C=O) groups is 2. The van der Waals surface area contributed by atoms with Crippen LogP contribution in [0.1, 0.15) is 38.6 Å². The van der Waals surface area contributed by atoms with Crippen molar-refractivity contribution < 1.29 is 19.1 Å². The predicted octanol–water partition coefficient (Wildman–Crippen LogP) is 3.82. The Bertz CT molecular complexity index is 1570. The molecule has 0 spiro atoms. The summed E-state index contributed by atoms with van der Waals surface area (Å²) in [5.74, 6) is 0.0411. The lowest BCUT2D eigenvalue weighted by atomic mass is 9.85. The van der Waals surface area contributed by atoms with Crippen molar-refractivity contribution in [2.24, 2.45) is 0 Å². The molecule has 2 aromatic carbocycles. The largest absolute Gasteiger partial charge is 0.476 e. The number of nitrogens with one attached hydrogen (secondary N) is 1. The first-order chi connectivity index (χ1) is 21.0. The number of halogens is 1. The van der Waals surface area contributed by atoms with Crippen molar-refractivity contribution in [3.63, 3.8) is 0 Å². The third-order valence-corrected chi connectivity index (χ3v) is 8.27. The first kappa shape index (κ1) is 29.0. The molecule has 222 valence electrons. The number of aromatic nitrogens is 3. The van der Waals surface area contributed by atoms with Gasteiger partial charge < -0.3 is 19.7 Å². The van der Waals surface area contributed by atoms with Gasteiger partial charge in [-0.2, -0.15) is 0 Å². The van der Waals surface area contributed by atoms with Crippen LogP contribution in [0.15, 0.2) is 73.2 Å². The number of fused-ring (bicyclic) bond motifs is 1. The Kier molecular flexibility index (Phi) is 9.07. The molecule has 11 heteroatoms. The molecule has 2 atom stereocenters. The fourth-order valence-corrected chi connectivity index (χ4v) is 5.90. The van der Waals surface area contributed by atoms with Crippen LogP contribution < -0.4 is 10.1 Å². The molecule has 2 aromatic heterocycles. The summed E-state index contributed by atoms with van der Waals surface area (Å²) in [6.45, 7) is 5.55. The van der Waals surface area contributed by atoms with Gasteiger partial charge in [-0.05, 0) is 30.2 Å². The van der Waals surface area contributed by atoms with E-state index in [4.69, 9.17) is 21.1 Å². The van der Waals surface area contributed by atoms with E-state index < -0.39 is 0 Å². The quantitative estimate of drug-likeness (QED) is 0.325. The molecule has 10 nitrogen and oxygen atoms in total. The average molecular weight is 601 g/mol. The highest BCUT2D eigenvalue weighted by atomic mass is 35.5. The topological polar surface area (TPSA) is 110 Å². The third-order valence-electron chi connectivity index (χ3n) is 7.98. The van der Waals surface area contributed by atoms with E-state index in [-0.39, 0.29) is 23.8 Å². The number of hydrogen-bond donors (Lipinski definition) is 1. The second-order valence-corrected chi connectivity index (χ2v) is 11.1. The zero-order chi connectivity index (χ0) is 29.6. The fraction of sp³-hybridized carbons (Fsp3) is 0.344. The van der Waals surface area contributed by atoms with Gasteiger partial charge in [-0.1, -0.05) is 41.9 Å². The summed E-state index contributed by atoms with van der Waals surface area (Å²) in [6, 6.07) is 16.6. The maximum absolute atomic E-state index is 13.6. The molecule has 0 bridgehead atoms. The van der Waals surface area contributed by atoms with E-state index in [2.05, 4.69) is 25.2 Å². The molecular formula is C32H33ClN6O4. The van der Waals surface area contributed by atoms with E-state index in [1.807, 2.05) is 35.2 Å². The second kappa shape index (κ2) is 13.5.